The molecule has 112 valence electrons. The van der Waals surface area contributed by atoms with Gasteiger partial charge in [0.15, 0.2) is 0 Å². The van der Waals surface area contributed by atoms with Crippen LogP contribution in [0.3, 0.4) is 0 Å². The zero-order chi connectivity index (χ0) is 13.7. The van der Waals surface area contributed by atoms with Crippen molar-refractivity contribution < 1.29 is 4.74 Å². The van der Waals surface area contributed by atoms with Crippen LogP contribution in [0.5, 0.6) is 0 Å². The number of likely N-dealkylation sites (N-methyl/N-ethyl adjacent to an activating group) is 1. The molecule has 0 aliphatic carbocycles. The molecule has 0 bridgehead atoms. The number of nitrogens with zero attached hydrogens (tertiary/aromatic N) is 2. The minimum atomic E-state index is 0.213. The van der Waals surface area contributed by atoms with Gasteiger partial charge in [0.2, 0.25) is 0 Å². The first-order valence-electron chi connectivity index (χ1n) is 8.30. The molecule has 0 aromatic rings. The molecule has 0 radical (unpaired) electrons. The van der Waals surface area contributed by atoms with E-state index in [1.54, 1.807) is 0 Å². The molecule has 3 nitrogen and oxygen atoms in total. The van der Waals surface area contributed by atoms with Gasteiger partial charge in [-0.1, -0.05) is 27.2 Å². The molecule has 2 heterocycles. The van der Waals surface area contributed by atoms with Crippen molar-refractivity contribution >= 4 is 0 Å². The predicted octanol–water partition coefficient (Wildman–Crippen LogP) is 2.61. The second kappa shape index (κ2) is 7.05. The highest BCUT2D eigenvalue weighted by atomic mass is 16.5. The highest BCUT2D eigenvalue weighted by Gasteiger charge is 2.38. The summed E-state index contributed by atoms with van der Waals surface area (Å²) < 4.78 is 6.19. The topological polar surface area (TPSA) is 15.7 Å². The summed E-state index contributed by atoms with van der Waals surface area (Å²) in [5, 5.41) is 0. The van der Waals surface area contributed by atoms with E-state index < -0.39 is 0 Å². The van der Waals surface area contributed by atoms with Crippen molar-refractivity contribution in [1.82, 2.24) is 9.80 Å². The molecule has 19 heavy (non-hydrogen) atoms. The van der Waals surface area contributed by atoms with Crippen LogP contribution in [0.1, 0.15) is 46.5 Å². The van der Waals surface area contributed by atoms with E-state index in [4.69, 9.17) is 4.74 Å². The zero-order valence-corrected chi connectivity index (χ0v) is 13.2. The van der Waals surface area contributed by atoms with Crippen LogP contribution in [-0.4, -0.2) is 61.3 Å². The van der Waals surface area contributed by atoms with Crippen LogP contribution < -0.4 is 0 Å². The molecule has 0 saturated carbocycles. The van der Waals surface area contributed by atoms with Gasteiger partial charge in [-0.15, -0.1) is 0 Å². The molecule has 2 saturated heterocycles. The van der Waals surface area contributed by atoms with Crippen molar-refractivity contribution in [3.8, 4) is 0 Å². The molecular formula is C16H32N2O. The highest BCUT2D eigenvalue weighted by molar-refractivity contribution is 4.89. The maximum Gasteiger partial charge on any atom is 0.0684 e. The van der Waals surface area contributed by atoms with E-state index >= 15 is 0 Å². The highest BCUT2D eigenvalue weighted by Crippen LogP contribution is 2.37. The summed E-state index contributed by atoms with van der Waals surface area (Å²) in [6.07, 6.45) is 4.95. The lowest BCUT2D eigenvalue weighted by atomic mass is 9.87. The van der Waals surface area contributed by atoms with E-state index in [2.05, 4.69) is 30.6 Å². The van der Waals surface area contributed by atoms with Crippen molar-refractivity contribution in [1.29, 1.82) is 0 Å². The fraction of sp³-hybridized carbons (Fsp3) is 1.00. The van der Waals surface area contributed by atoms with Crippen LogP contribution in [-0.2, 0) is 4.74 Å². The number of piperazine rings is 1. The van der Waals surface area contributed by atoms with Gasteiger partial charge in [-0.2, -0.15) is 0 Å². The third-order valence-electron chi connectivity index (χ3n) is 5.06. The zero-order valence-electron chi connectivity index (χ0n) is 13.2. The second-order valence-corrected chi connectivity index (χ2v) is 6.40. The molecule has 2 aliphatic rings. The van der Waals surface area contributed by atoms with Crippen LogP contribution in [0, 0.1) is 5.92 Å². The standard InChI is InChI=1S/C16H32N2O/c1-4-7-16(5-2)12-15(14-19-16)13-18-10-8-17(6-3)9-11-18/h15H,4-14H2,1-3H3. The van der Waals surface area contributed by atoms with Gasteiger partial charge in [0, 0.05) is 32.7 Å². The van der Waals surface area contributed by atoms with E-state index in [9.17, 15) is 0 Å². The van der Waals surface area contributed by atoms with Gasteiger partial charge in [0.25, 0.3) is 0 Å². The Labute approximate surface area is 119 Å². The Morgan fingerprint density at radius 1 is 1.05 bits per heavy atom. The van der Waals surface area contributed by atoms with Crippen molar-refractivity contribution in [3.05, 3.63) is 0 Å². The third-order valence-corrected chi connectivity index (χ3v) is 5.06. The largest absolute Gasteiger partial charge is 0.375 e. The molecule has 0 aromatic carbocycles. The first-order valence-corrected chi connectivity index (χ1v) is 8.30. The Kier molecular flexibility index (Phi) is 5.67. The molecule has 2 fully saturated rings. The summed E-state index contributed by atoms with van der Waals surface area (Å²) in [4.78, 5) is 5.20. The molecule has 3 heteroatoms. The summed E-state index contributed by atoms with van der Waals surface area (Å²) in [7, 11) is 0. The molecule has 0 amide bonds. The van der Waals surface area contributed by atoms with Gasteiger partial charge >= 0.3 is 0 Å². The van der Waals surface area contributed by atoms with Crippen LogP contribution in [0.2, 0.25) is 0 Å². The lowest BCUT2D eigenvalue weighted by Gasteiger charge is -2.35. The first-order chi connectivity index (χ1) is 9.21. The fourth-order valence-corrected chi connectivity index (χ4v) is 3.76. The molecule has 2 rings (SSSR count). The van der Waals surface area contributed by atoms with E-state index in [1.807, 2.05) is 0 Å². The Morgan fingerprint density at radius 3 is 2.32 bits per heavy atom. The molecule has 0 N–H and O–H groups in total. The normalized spacial score (nSPS) is 33.9. The first kappa shape index (κ1) is 15.3. The molecule has 2 atom stereocenters. The monoisotopic (exact) mass is 268 g/mol. The number of ether oxygens (including phenoxy) is 1. The summed E-state index contributed by atoms with van der Waals surface area (Å²) in [6.45, 7) is 15.3. The van der Waals surface area contributed by atoms with Crippen molar-refractivity contribution in [3.63, 3.8) is 0 Å². The Bertz CT molecular complexity index is 263. The lowest BCUT2D eigenvalue weighted by molar-refractivity contribution is -0.00753. The van der Waals surface area contributed by atoms with Crippen LogP contribution in [0.4, 0.5) is 0 Å². The van der Waals surface area contributed by atoms with E-state index in [0.717, 1.165) is 12.5 Å². The minimum Gasteiger partial charge on any atom is -0.375 e. The van der Waals surface area contributed by atoms with Crippen LogP contribution >= 0.6 is 0 Å². The Morgan fingerprint density at radius 2 is 1.74 bits per heavy atom. The van der Waals surface area contributed by atoms with Crippen molar-refractivity contribution in [2.24, 2.45) is 5.92 Å². The van der Waals surface area contributed by atoms with Crippen molar-refractivity contribution in [2.45, 2.75) is 52.1 Å². The average molecular weight is 268 g/mol. The maximum absolute atomic E-state index is 6.19. The van der Waals surface area contributed by atoms with Gasteiger partial charge in [-0.3, -0.25) is 0 Å². The summed E-state index contributed by atoms with van der Waals surface area (Å²) >= 11 is 0. The molecule has 0 spiro atoms. The number of hydrogen-bond acceptors (Lipinski definition) is 3. The van der Waals surface area contributed by atoms with Gasteiger partial charge in [-0.05, 0) is 31.7 Å². The van der Waals surface area contributed by atoms with Crippen LogP contribution in [0.15, 0.2) is 0 Å². The minimum absolute atomic E-state index is 0.213. The Balaban J connectivity index is 1.76. The second-order valence-electron chi connectivity index (χ2n) is 6.40. The maximum atomic E-state index is 6.19. The fourth-order valence-electron chi connectivity index (χ4n) is 3.76. The van der Waals surface area contributed by atoms with Crippen LogP contribution in [0.25, 0.3) is 0 Å². The molecule has 2 unspecified atom stereocenters. The summed E-state index contributed by atoms with van der Waals surface area (Å²) in [6, 6.07) is 0. The Hall–Kier alpha value is -0.120. The summed E-state index contributed by atoms with van der Waals surface area (Å²) in [5.74, 6) is 0.764. The van der Waals surface area contributed by atoms with Gasteiger partial charge < -0.3 is 14.5 Å². The van der Waals surface area contributed by atoms with Gasteiger partial charge in [0.1, 0.15) is 0 Å². The molecular weight excluding hydrogens is 236 g/mol. The van der Waals surface area contributed by atoms with E-state index in [-0.39, 0.29) is 5.60 Å². The average Bonchev–Trinajstić information content (AvgIpc) is 2.84. The predicted molar refractivity (Wildman–Crippen MR) is 80.5 cm³/mol. The molecule has 0 aromatic heterocycles. The number of hydrogen-bond donors (Lipinski definition) is 0. The van der Waals surface area contributed by atoms with Crippen molar-refractivity contribution in [2.75, 3.05) is 45.9 Å². The SMILES string of the molecule is CCCC1(CC)CC(CN2CCN(CC)CC2)CO1. The van der Waals surface area contributed by atoms with Gasteiger partial charge in [0.05, 0.1) is 12.2 Å². The van der Waals surface area contributed by atoms with Gasteiger partial charge in [-0.25, -0.2) is 0 Å². The lowest BCUT2D eigenvalue weighted by Crippen LogP contribution is -2.47. The quantitative estimate of drug-likeness (QED) is 0.736. The smallest absolute Gasteiger partial charge is 0.0684 e. The van der Waals surface area contributed by atoms with E-state index in [0.29, 0.717) is 0 Å². The van der Waals surface area contributed by atoms with E-state index in [1.165, 1.54) is 65.0 Å². The number of rotatable bonds is 6. The molecule has 2 aliphatic heterocycles. The summed E-state index contributed by atoms with van der Waals surface area (Å²) in [5.41, 5.74) is 0.213. The third kappa shape index (κ3) is 3.93.